The normalized spacial score (nSPS) is 15.8. The molecule has 0 unspecified atom stereocenters. The Morgan fingerprint density at radius 2 is 1.68 bits per heavy atom. The van der Waals surface area contributed by atoms with Crippen molar-refractivity contribution in [2.24, 2.45) is 19.8 Å². The number of benzene rings is 1. The first-order valence-electron chi connectivity index (χ1n) is 8.90. The number of nitrogens with two attached hydrogens (primary N) is 1. The number of nitriles is 1. The number of carbonyl (C=O) groups is 1. The van der Waals surface area contributed by atoms with Crippen LogP contribution in [0, 0.1) is 11.3 Å². The maximum Gasteiger partial charge on any atom is 0.332 e. The summed E-state index contributed by atoms with van der Waals surface area (Å²) < 4.78 is 2.25. The van der Waals surface area contributed by atoms with Crippen molar-refractivity contribution in [3.63, 3.8) is 0 Å². The molecule has 0 saturated carbocycles. The van der Waals surface area contributed by atoms with Gasteiger partial charge in [0.2, 0.25) is 5.91 Å². The molecule has 0 aliphatic carbocycles. The number of nitrogens with zero attached hydrogens (tertiary/aromatic N) is 5. The minimum atomic E-state index is -0.609. The monoisotopic (exact) mass is 382 g/mol. The average Bonchev–Trinajstić information content (AvgIpc) is 2.70. The first-order valence-corrected chi connectivity index (χ1v) is 8.90. The quantitative estimate of drug-likeness (QED) is 0.748. The van der Waals surface area contributed by atoms with Crippen molar-refractivity contribution in [2.45, 2.75) is 6.04 Å². The first-order chi connectivity index (χ1) is 13.4. The lowest BCUT2D eigenvalue weighted by Gasteiger charge is -2.39. The van der Waals surface area contributed by atoms with E-state index in [0.717, 1.165) is 10.1 Å². The fourth-order valence-electron chi connectivity index (χ4n) is 3.68. The number of hydrogen-bond donors (Lipinski definition) is 1. The van der Waals surface area contributed by atoms with Gasteiger partial charge in [-0.15, -0.1) is 0 Å². The Balaban J connectivity index is 1.89. The van der Waals surface area contributed by atoms with Crippen LogP contribution in [0.4, 0.5) is 5.82 Å². The van der Waals surface area contributed by atoms with Gasteiger partial charge in [0, 0.05) is 40.3 Å². The molecule has 2 aromatic rings. The summed E-state index contributed by atoms with van der Waals surface area (Å²) in [4.78, 5) is 40.5. The molecule has 1 saturated heterocycles. The second-order valence-electron chi connectivity index (χ2n) is 6.75. The number of amides is 1. The molecule has 1 amide bonds. The molecule has 1 aliphatic heterocycles. The number of carbonyl (C=O) groups excluding carboxylic acids is 1. The standard InChI is InChI=1S/C19H22N6O3/c1-22-17(14(12-20)18(27)23(2)19(22)28)25-10-8-24(9-11-25)15(16(21)26)13-6-4-3-5-7-13/h3-7,15H,8-11H2,1-2H3,(H2,21,26)/t15-/m1/s1. The van der Waals surface area contributed by atoms with E-state index in [0.29, 0.717) is 32.0 Å². The molecule has 9 nitrogen and oxygen atoms in total. The van der Waals surface area contributed by atoms with Crippen molar-refractivity contribution < 1.29 is 4.79 Å². The number of hydrogen-bond acceptors (Lipinski definition) is 6. The lowest BCUT2D eigenvalue weighted by atomic mass is 10.0. The molecule has 1 fully saturated rings. The van der Waals surface area contributed by atoms with Crippen LogP contribution in [-0.2, 0) is 18.9 Å². The Labute approximate surface area is 161 Å². The van der Waals surface area contributed by atoms with E-state index < -0.39 is 23.2 Å². The molecule has 2 heterocycles. The zero-order chi connectivity index (χ0) is 20.4. The van der Waals surface area contributed by atoms with Crippen LogP contribution >= 0.6 is 0 Å². The van der Waals surface area contributed by atoms with Crippen LogP contribution in [0.2, 0.25) is 0 Å². The Kier molecular flexibility index (Phi) is 5.33. The molecule has 3 rings (SSSR count). The van der Waals surface area contributed by atoms with Gasteiger partial charge in [0.25, 0.3) is 5.56 Å². The Morgan fingerprint density at radius 1 is 1.07 bits per heavy atom. The second-order valence-corrected chi connectivity index (χ2v) is 6.75. The lowest BCUT2D eigenvalue weighted by molar-refractivity contribution is -0.123. The zero-order valence-electron chi connectivity index (χ0n) is 15.8. The molecule has 1 aromatic heterocycles. The summed E-state index contributed by atoms with van der Waals surface area (Å²) in [6, 6.07) is 10.7. The maximum atomic E-state index is 12.3. The zero-order valence-corrected chi connectivity index (χ0v) is 15.8. The fourth-order valence-corrected chi connectivity index (χ4v) is 3.68. The van der Waals surface area contributed by atoms with Gasteiger partial charge < -0.3 is 10.6 Å². The van der Waals surface area contributed by atoms with Crippen LogP contribution in [0.5, 0.6) is 0 Å². The smallest absolute Gasteiger partial charge is 0.332 e. The topological polar surface area (TPSA) is 117 Å². The van der Waals surface area contributed by atoms with E-state index in [4.69, 9.17) is 5.73 Å². The van der Waals surface area contributed by atoms with E-state index in [9.17, 15) is 19.6 Å². The van der Waals surface area contributed by atoms with Crippen molar-refractivity contribution in [1.82, 2.24) is 14.0 Å². The highest BCUT2D eigenvalue weighted by atomic mass is 16.2. The molecule has 0 radical (unpaired) electrons. The minimum Gasteiger partial charge on any atom is -0.368 e. The SMILES string of the molecule is Cn1c(N2CCN([C@@H](C(N)=O)c3ccccc3)CC2)c(C#N)c(=O)n(C)c1=O. The van der Waals surface area contributed by atoms with E-state index in [2.05, 4.69) is 0 Å². The highest BCUT2D eigenvalue weighted by Crippen LogP contribution is 2.24. The van der Waals surface area contributed by atoms with Gasteiger partial charge in [-0.05, 0) is 5.56 Å². The van der Waals surface area contributed by atoms with E-state index in [-0.39, 0.29) is 5.56 Å². The molecule has 2 N–H and O–H groups in total. The Hall–Kier alpha value is -3.38. The van der Waals surface area contributed by atoms with E-state index in [1.165, 1.54) is 11.6 Å². The van der Waals surface area contributed by atoms with Crippen LogP contribution in [0.15, 0.2) is 39.9 Å². The molecule has 9 heteroatoms. The predicted molar refractivity (Wildman–Crippen MR) is 104 cm³/mol. The van der Waals surface area contributed by atoms with Gasteiger partial charge in [0.05, 0.1) is 0 Å². The number of rotatable bonds is 4. The van der Waals surface area contributed by atoms with Gasteiger partial charge in [-0.25, -0.2) is 4.79 Å². The summed E-state index contributed by atoms with van der Waals surface area (Å²) in [5.41, 5.74) is 5.31. The Bertz CT molecular complexity index is 1040. The second kappa shape index (κ2) is 7.70. The minimum absolute atomic E-state index is 0.0624. The van der Waals surface area contributed by atoms with Crippen LogP contribution in [0.1, 0.15) is 17.2 Å². The van der Waals surface area contributed by atoms with Crippen molar-refractivity contribution in [3.05, 3.63) is 62.3 Å². The third kappa shape index (κ3) is 3.30. The van der Waals surface area contributed by atoms with Gasteiger partial charge in [0.1, 0.15) is 17.9 Å². The number of piperazine rings is 1. The molecule has 28 heavy (non-hydrogen) atoms. The molecule has 146 valence electrons. The van der Waals surface area contributed by atoms with Crippen molar-refractivity contribution >= 4 is 11.7 Å². The molecule has 1 aromatic carbocycles. The summed E-state index contributed by atoms with van der Waals surface area (Å²) in [7, 11) is 2.89. The summed E-state index contributed by atoms with van der Waals surface area (Å²) in [5, 5.41) is 9.45. The van der Waals surface area contributed by atoms with Gasteiger partial charge in [-0.3, -0.25) is 23.6 Å². The molecule has 0 spiro atoms. The van der Waals surface area contributed by atoms with E-state index in [1.54, 1.807) is 7.05 Å². The summed E-state index contributed by atoms with van der Waals surface area (Å²) in [6.45, 7) is 1.89. The summed E-state index contributed by atoms with van der Waals surface area (Å²) >= 11 is 0. The average molecular weight is 382 g/mol. The largest absolute Gasteiger partial charge is 0.368 e. The first kappa shape index (κ1) is 19.4. The number of primary amides is 1. The Morgan fingerprint density at radius 3 is 2.21 bits per heavy atom. The van der Waals surface area contributed by atoms with Crippen LogP contribution in [-0.4, -0.2) is 46.1 Å². The third-order valence-corrected chi connectivity index (χ3v) is 5.11. The maximum absolute atomic E-state index is 12.3. The number of anilines is 1. The van der Waals surface area contributed by atoms with Crippen LogP contribution in [0.3, 0.4) is 0 Å². The fraction of sp³-hybridized carbons (Fsp3) is 0.368. The van der Waals surface area contributed by atoms with Crippen LogP contribution in [0.25, 0.3) is 0 Å². The van der Waals surface area contributed by atoms with Crippen molar-refractivity contribution in [2.75, 3.05) is 31.1 Å². The van der Waals surface area contributed by atoms with Crippen molar-refractivity contribution in [1.29, 1.82) is 5.26 Å². The predicted octanol–water partition coefficient (Wildman–Crippen LogP) is -0.696. The highest BCUT2D eigenvalue weighted by molar-refractivity contribution is 5.81. The molecule has 0 bridgehead atoms. The van der Waals surface area contributed by atoms with E-state index >= 15 is 0 Å². The lowest BCUT2D eigenvalue weighted by Crippen LogP contribution is -2.52. The third-order valence-electron chi connectivity index (χ3n) is 5.11. The van der Waals surface area contributed by atoms with Crippen molar-refractivity contribution in [3.8, 4) is 6.07 Å². The molecule has 1 atom stereocenters. The van der Waals surface area contributed by atoms with Gasteiger partial charge in [-0.2, -0.15) is 5.26 Å². The molecular formula is C19H22N6O3. The van der Waals surface area contributed by atoms with Crippen LogP contribution < -0.4 is 21.9 Å². The van der Waals surface area contributed by atoms with Gasteiger partial charge in [-0.1, -0.05) is 30.3 Å². The highest BCUT2D eigenvalue weighted by Gasteiger charge is 2.31. The molecular weight excluding hydrogens is 360 g/mol. The summed E-state index contributed by atoms with van der Waals surface area (Å²) in [5.74, 6) is -0.121. The van der Waals surface area contributed by atoms with E-state index in [1.807, 2.05) is 46.2 Å². The van der Waals surface area contributed by atoms with Gasteiger partial charge in [0.15, 0.2) is 5.56 Å². The van der Waals surface area contributed by atoms with Gasteiger partial charge >= 0.3 is 5.69 Å². The summed E-state index contributed by atoms with van der Waals surface area (Å²) in [6.07, 6.45) is 0. The number of aromatic nitrogens is 2. The molecule has 1 aliphatic rings.